The van der Waals surface area contributed by atoms with E-state index in [9.17, 15) is 0 Å². The lowest BCUT2D eigenvalue weighted by Crippen LogP contribution is -2.28. The molecule has 0 aromatic carbocycles. The largest absolute Gasteiger partial charge is 0.338 e. The van der Waals surface area contributed by atoms with Gasteiger partial charge < -0.3 is 9.84 Å². The van der Waals surface area contributed by atoms with Gasteiger partial charge in [-0.3, -0.25) is 0 Å². The molecule has 2 unspecified atom stereocenters. The van der Waals surface area contributed by atoms with Crippen LogP contribution in [0.4, 0.5) is 0 Å². The first-order chi connectivity index (χ1) is 7.93. The average molecular weight is 239 g/mol. The van der Waals surface area contributed by atoms with Crippen LogP contribution in [-0.2, 0) is 0 Å². The SMILES string of the molecule is C1CNCC(c2noc(C3CCCS3)n2)C1. The van der Waals surface area contributed by atoms with Gasteiger partial charge >= 0.3 is 0 Å². The fourth-order valence-electron chi connectivity index (χ4n) is 2.39. The van der Waals surface area contributed by atoms with Gasteiger partial charge in [0.15, 0.2) is 5.82 Å². The molecule has 0 spiro atoms. The van der Waals surface area contributed by atoms with Crippen LogP contribution in [0, 0.1) is 0 Å². The lowest BCUT2D eigenvalue weighted by molar-refractivity contribution is 0.358. The summed E-state index contributed by atoms with van der Waals surface area (Å²) in [5.41, 5.74) is 0. The van der Waals surface area contributed by atoms with Crippen LogP contribution in [0.25, 0.3) is 0 Å². The number of hydrogen-bond donors (Lipinski definition) is 1. The third-order valence-corrected chi connectivity index (χ3v) is 4.69. The van der Waals surface area contributed by atoms with Crippen LogP contribution in [0.3, 0.4) is 0 Å². The summed E-state index contributed by atoms with van der Waals surface area (Å²) in [6.45, 7) is 2.12. The van der Waals surface area contributed by atoms with Crippen molar-refractivity contribution in [3.05, 3.63) is 11.7 Å². The molecule has 2 aliphatic rings. The van der Waals surface area contributed by atoms with E-state index in [-0.39, 0.29) is 0 Å². The quantitative estimate of drug-likeness (QED) is 0.856. The maximum atomic E-state index is 5.39. The minimum absolute atomic E-state index is 0.456. The molecule has 0 bridgehead atoms. The number of nitrogens with zero attached hydrogens (tertiary/aromatic N) is 2. The van der Waals surface area contributed by atoms with Crippen molar-refractivity contribution in [3.8, 4) is 0 Å². The Bertz CT molecular complexity index is 343. The molecular formula is C11H17N3OS. The third-order valence-electron chi connectivity index (χ3n) is 3.32. The maximum Gasteiger partial charge on any atom is 0.239 e. The molecule has 2 atom stereocenters. The molecule has 0 aliphatic carbocycles. The lowest BCUT2D eigenvalue weighted by Gasteiger charge is -2.19. The molecule has 3 rings (SSSR count). The van der Waals surface area contributed by atoms with Gasteiger partial charge in [0.2, 0.25) is 5.89 Å². The van der Waals surface area contributed by atoms with Gasteiger partial charge in [0.1, 0.15) is 0 Å². The van der Waals surface area contributed by atoms with Crippen LogP contribution in [0.2, 0.25) is 0 Å². The van der Waals surface area contributed by atoms with Crippen molar-refractivity contribution in [1.29, 1.82) is 0 Å². The van der Waals surface area contributed by atoms with Gasteiger partial charge in [0.05, 0.1) is 5.25 Å². The molecule has 88 valence electrons. The average Bonchev–Trinajstić information content (AvgIpc) is 3.01. The van der Waals surface area contributed by atoms with E-state index in [2.05, 4.69) is 15.5 Å². The molecule has 0 radical (unpaired) electrons. The predicted octanol–water partition coefficient (Wildman–Crippen LogP) is 2.10. The highest BCUT2D eigenvalue weighted by Crippen LogP contribution is 2.39. The van der Waals surface area contributed by atoms with Crippen molar-refractivity contribution in [2.45, 2.75) is 36.9 Å². The predicted molar refractivity (Wildman–Crippen MR) is 63.6 cm³/mol. The number of hydrogen-bond acceptors (Lipinski definition) is 5. The van der Waals surface area contributed by atoms with Crippen molar-refractivity contribution >= 4 is 11.8 Å². The minimum atomic E-state index is 0.456. The maximum absolute atomic E-state index is 5.39. The normalized spacial score (nSPS) is 30.8. The zero-order valence-electron chi connectivity index (χ0n) is 9.32. The van der Waals surface area contributed by atoms with Crippen molar-refractivity contribution < 1.29 is 4.52 Å². The Morgan fingerprint density at radius 1 is 1.31 bits per heavy atom. The molecule has 2 aliphatic heterocycles. The van der Waals surface area contributed by atoms with Crippen LogP contribution < -0.4 is 5.32 Å². The molecule has 2 saturated heterocycles. The van der Waals surface area contributed by atoms with Gasteiger partial charge in [0.25, 0.3) is 0 Å². The molecule has 16 heavy (non-hydrogen) atoms. The Morgan fingerprint density at radius 3 is 3.06 bits per heavy atom. The molecule has 5 heteroatoms. The number of rotatable bonds is 2. The monoisotopic (exact) mass is 239 g/mol. The fourth-order valence-corrected chi connectivity index (χ4v) is 3.58. The second kappa shape index (κ2) is 4.75. The van der Waals surface area contributed by atoms with E-state index >= 15 is 0 Å². The van der Waals surface area contributed by atoms with E-state index < -0.39 is 0 Å². The van der Waals surface area contributed by atoms with Crippen molar-refractivity contribution in [2.75, 3.05) is 18.8 Å². The van der Waals surface area contributed by atoms with Gasteiger partial charge in [-0.05, 0) is 38.0 Å². The first-order valence-electron chi connectivity index (χ1n) is 6.09. The standard InChI is InChI=1S/C11H17N3OS/c1-3-8(7-12-5-1)10-13-11(15-14-10)9-4-2-6-16-9/h8-9,12H,1-7H2. The topological polar surface area (TPSA) is 51.0 Å². The first-order valence-corrected chi connectivity index (χ1v) is 7.14. The molecule has 0 saturated carbocycles. The molecule has 1 N–H and O–H groups in total. The zero-order chi connectivity index (χ0) is 10.8. The summed E-state index contributed by atoms with van der Waals surface area (Å²) < 4.78 is 5.39. The van der Waals surface area contributed by atoms with E-state index in [0.29, 0.717) is 11.2 Å². The Kier molecular flexibility index (Phi) is 3.15. The third kappa shape index (κ3) is 2.11. The Labute approximate surface area is 99.6 Å². The molecule has 2 fully saturated rings. The summed E-state index contributed by atoms with van der Waals surface area (Å²) in [6.07, 6.45) is 4.86. The van der Waals surface area contributed by atoms with Crippen LogP contribution in [0.5, 0.6) is 0 Å². The molecule has 3 heterocycles. The van der Waals surface area contributed by atoms with E-state index in [1.54, 1.807) is 0 Å². The van der Waals surface area contributed by atoms with Crippen molar-refractivity contribution in [1.82, 2.24) is 15.5 Å². The minimum Gasteiger partial charge on any atom is -0.338 e. The summed E-state index contributed by atoms with van der Waals surface area (Å²) in [6, 6.07) is 0. The summed E-state index contributed by atoms with van der Waals surface area (Å²) in [4.78, 5) is 4.58. The number of piperidine rings is 1. The fraction of sp³-hybridized carbons (Fsp3) is 0.818. The highest BCUT2D eigenvalue weighted by atomic mass is 32.2. The van der Waals surface area contributed by atoms with Gasteiger partial charge in [-0.25, -0.2) is 0 Å². The van der Waals surface area contributed by atoms with Crippen molar-refractivity contribution in [3.63, 3.8) is 0 Å². The summed E-state index contributed by atoms with van der Waals surface area (Å²) >= 11 is 1.94. The highest BCUT2D eigenvalue weighted by Gasteiger charge is 2.26. The smallest absolute Gasteiger partial charge is 0.239 e. The Balaban J connectivity index is 1.71. The molecular weight excluding hydrogens is 222 g/mol. The van der Waals surface area contributed by atoms with E-state index in [0.717, 1.165) is 24.8 Å². The number of nitrogens with one attached hydrogen (secondary N) is 1. The van der Waals surface area contributed by atoms with Gasteiger partial charge in [0, 0.05) is 12.5 Å². The van der Waals surface area contributed by atoms with Crippen molar-refractivity contribution in [2.24, 2.45) is 0 Å². The van der Waals surface area contributed by atoms with Crippen LogP contribution in [0.15, 0.2) is 4.52 Å². The number of thioether (sulfide) groups is 1. The summed E-state index contributed by atoms with van der Waals surface area (Å²) in [5, 5.41) is 7.99. The van der Waals surface area contributed by atoms with Gasteiger partial charge in [-0.2, -0.15) is 4.98 Å². The van der Waals surface area contributed by atoms with E-state index in [1.165, 1.54) is 31.4 Å². The molecule has 0 amide bonds. The first kappa shape index (κ1) is 10.6. The number of aromatic nitrogens is 2. The van der Waals surface area contributed by atoms with Crippen LogP contribution >= 0.6 is 11.8 Å². The van der Waals surface area contributed by atoms with Gasteiger partial charge in [-0.1, -0.05) is 5.16 Å². The second-order valence-corrected chi connectivity index (χ2v) is 5.85. The molecule has 1 aromatic rings. The summed E-state index contributed by atoms with van der Waals surface area (Å²) in [7, 11) is 0. The van der Waals surface area contributed by atoms with E-state index in [4.69, 9.17) is 4.52 Å². The lowest BCUT2D eigenvalue weighted by atomic mass is 9.99. The Hall–Kier alpha value is -0.550. The van der Waals surface area contributed by atoms with E-state index in [1.807, 2.05) is 11.8 Å². The zero-order valence-corrected chi connectivity index (χ0v) is 10.1. The highest BCUT2D eigenvalue weighted by molar-refractivity contribution is 7.99. The molecule has 1 aromatic heterocycles. The summed E-state index contributed by atoms with van der Waals surface area (Å²) in [5.74, 6) is 3.45. The Morgan fingerprint density at radius 2 is 2.31 bits per heavy atom. The van der Waals surface area contributed by atoms with Crippen LogP contribution in [-0.4, -0.2) is 29.0 Å². The van der Waals surface area contributed by atoms with Crippen LogP contribution in [0.1, 0.15) is 48.6 Å². The molecule has 4 nitrogen and oxygen atoms in total. The van der Waals surface area contributed by atoms with Gasteiger partial charge in [-0.15, -0.1) is 11.8 Å². The second-order valence-electron chi connectivity index (χ2n) is 4.54.